The van der Waals surface area contributed by atoms with Crippen LogP contribution in [-0.2, 0) is 14.8 Å². The molecule has 3 aliphatic rings. The first kappa shape index (κ1) is 16.7. The molecule has 0 aromatic heterocycles. The quantitative estimate of drug-likeness (QED) is 0.785. The van der Waals surface area contributed by atoms with Crippen molar-refractivity contribution in [2.45, 2.75) is 45.1 Å². The molecule has 6 heteroatoms. The summed E-state index contributed by atoms with van der Waals surface area (Å²) < 4.78 is 32.7. The predicted octanol–water partition coefficient (Wildman–Crippen LogP) is 1.55. The lowest BCUT2D eigenvalue weighted by molar-refractivity contribution is 0.0126. The molecule has 0 radical (unpaired) electrons. The molecule has 2 aliphatic heterocycles. The first-order chi connectivity index (χ1) is 10.6. The van der Waals surface area contributed by atoms with Gasteiger partial charge < -0.3 is 4.74 Å². The highest BCUT2D eigenvalue weighted by atomic mass is 32.2. The summed E-state index contributed by atoms with van der Waals surface area (Å²) in [5.74, 6) is 1.17. The van der Waals surface area contributed by atoms with Crippen LogP contribution in [0.15, 0.2) is 0 Å². The van der Waals surface area contributed by atoms with E-state index in [1.165, 1.54) is 19.3 Å². The maximum atomic E-state index is 12.8. The van der Waals surface area contributed by atoms with Gasteiger partial charge in [-0.3, -0.25) is 4.90 Å². The molecular formula is C16H30N2O3S. The zero-order valence-electron chi connectivity index (χ0n) is 13.7. The van der Waals surface area contributed by atoms with Crippen molar-refractivity contribution in [2.24, 2.45) is 11.8 Å². The van der Waals surface area contributed by atoms with Gasteiger partial charge in [0, 0.05) is 32.2 Å². The van der Waals surface area contributed by atoms with Gasteiger partial charge in [0.15, 0.2) is 0 Å². The van der Waals surface area contributed by atoms with Gasteiger partial charge in [0.2, 0.25) is 10.0 Å². The van der Waals surface area contributed by atoms with Crippen molar-refractivity contribution in [1.29, 1.82) is 0 Å². The maximum absolute atomic E-state index is 12.8. The fourth-order valence-corrected chi connectivity index (χ4v) is 6.26. The van der Waals surface area contributed by atoms with Gasteiger partial charge in [-0.25, -0.2) is 12.7 Å². The van der Waals surface area contributed by atoms with E-state index in [1.807, 2.05) is 0 Å². The van der Waals surface area contributed by atoms with Gasteiger partial charge in [0.25, 0.3) is 0 Å². The first-order valence-corrected chi connectivity index (χ1v) is 10.5. The summed E-state index contributed by atoms with van der Waals surface area (Å²) in [6, 6.07) is 0.366. The Morgan fingerprint density at radius 3 is 2.41 bits per heavy atom. The highest BCUT2D eigenvalue weighted by Gasteiger charge is 2.40. The van der Waals surface area contributed by atoms with E-state index in [2.05, 4.69) is 11.8 Å². The lowest BCUT2D eigenvalue weighted by Crippen LogP contribution is -2.47. The fourth-order valence-electron chi connectivity index (χ4n) is 4.27. The van der Waals surface area contributed by atoms with Crippen molar-refractivity contribution in [3.8, 4) is 0 Å². The Morgan fingerprint density at radius 1 is 1.05 bits per heavy atom. The molecule has 0 bridgehead atoms. The number of sulfonamides is 1. The van der Waals surface area contributed by atoms with E-state index in [-0.39, 0.29) is 0 Å². The van der Waals surface area contributed by atoms with Crippen molar-refractivity contribution in [3.05, 3.63) is 0 Å². The standard InChI is InChI=1S/C16H30N2O3S/c1-14-11-18(12-16(14)17-7-9-21-10-8-17)22(19,20)13-15-5-3-2-4-6-15/h14-16H,2-13H2,1H3/t14-,16+/m0/s1. The Morgan fingerprint density at radius 2 is 1.73 bits per heavy atom. The molecule has 3 rings (SSSR count). The Balaban J connectivity index is 1.59. The molecule has 5 nitrogen and oxygen atoms in total. The molecule has 3 fully saturated rings. The van der Waals surface area contributed by atoms with Crippen molar-refractivity contribution in [1.82, 2.24) is 9.21 Å². The molecule has 0 amide bonds. The van der Waals surface area contributed by atoms with Crippen LogP contribution in [0, 0.1) is 11.8 Å². The van der Waals surface area contributed by atoms with E-state index in [4.69, 9.17) is 4.74 Å². The molecule has 0 spiro atoms. The number of hydrogen-bond donors (Lipinski definition) is 0. The molecule has 2 heterocycles. The Kier molecular flexibility index (Phi) is 5.43. The molecule has 2 saturated heterocycles. The van der Waals surface area contributed by atoms with Gasteiger partial charge >= 0.3 is 0 Å². The minimum atomic E-state index is -3.09. The lowest BCUT2D eigenvalue weighted by atomic mass is 9.91. The molecule has 128 valence electrons. The molecule has 0 aromatic carbocycles. The van der Waals surface area contributed by atoms with Crippen LogP contribution in [0.25, 0.3) is 0 Å². The van der Waals surface area contributed by atoms with Crippen LogP contribution < -0.4 is 0 Å². The first-order valence-electron chi connectivity index (χ1n) is 8.86. The smallest absolute Gasteiger partial charge is 0.214 e. The van der Waals surface area contributed by atoms with Gasteiger partial charge in [-0.15, -0.1) is 0 Å². The molecule has 22 heavy (non-hydrogen) atoms. The Labute approximate surface area is 135 Å². The highest BCUT2D eigenvalue weighted by Crippen LogP contribution is 2.29. The molecule has 0 aromatic rings. The molecule has 0 unspecified atom stereocenters. The highest BCUT2D eigenvalue weighted by molar-refractivity contribution is 7.89. The van der Waals surface area contributed by atoms with E-state index < -0.39 is 10.0 Å². The number of morpholine rings is 1. The monoisotopic (exact) mass is 330 g/mol. The topological polar surface area (TPSA) is 49.9 Å². The second kappa shape index (κ2) is 7.16. The summed E-state index contributed by atoms with van der Waals surface area (Å²) in [6.45, 7) is 6.98. The zero-order valence-corrected chi connectivity index (χ0v) is 14.6. The summed E-state index contributed by atoms with van der Waals surface area (Å²) >= 11 is 0. The Bertz CT molecular complexity index is 456. The van der Waals surface area contributed by atoms with Crippen LogP contribution in [0.1, 0.15) is 39.0 Å². The third-order valence-electron chi connectivity index (χ3n) is 5.62. The minimum Gasteiger partial charge on any atom is -0.379 e. The number of nitrogens with zero attached hydrogens (tertiary/aromatic N) is 2. The normalized spacial score (nSPS) is 33.3. The third-order valence-corrected chi connectivity index (χ3v) is 7.60. The molecule has 2 atom stereocenters. The van der Waals surface area contributed by atoms with Gasteiger partial charge in [0.1, 0.15) is 0 Å². The van der Waals surface area contributed by atoms with Crippen LogP contribution >= 0.6 is 0 Å². The average Bonchev–Trinajstić information content (AvgIpc) is 2.92. The molecular weight excluding hydrogens is 300 g/mol. The Hall–Kier alpha value is -0.170. The molecule has 1 saturated carbocycles. The van der Waals surface area contributed by atoms with Gasteiger partial charge in [-0.1, -0.05) is 26.2 Å². The summed E-state index contributed by atoms with van der Waals surface area (Å²) in [4.78, 5) is 2.42. The summed E-state index contributed by atoms with van der Waals surface area (Å²) in [7, 11) is -3.09. The van der Waals surface area contributed by atoms with Crippen LogP contribution in [0.2, 0.25) is 0 Å². The zero-order chi connectivity index (χ0) is 15.6. The van der Waals surface area contributed by atoms with E-state index in [1.54, 1.807) is 4.31 Å². The number of ether oxygens (including phenoxy) is 1. The fraction of sp³-hybridized carbons (Fsp3) is 1.00. The van der Waals surface area contributed by atoms with Crippen molar-refractivity contribution >= 4 is 10.0 Å². The van der Waals surface area contributed by atoms with Crippen LogP contribution in [0.3, 0.4) is 0 Å². The van der Waals surface area contributed by atoms with Crippen molar-refractivity contribution in [2.75, 3.05) is 45.1 Å². The maximum Gasteiger partial charge on any atom is 0.214 e. The third kappa shape index (κ3) is 3.83. The average molecular weight is 330 g/mol. The number of hydrogen-bond acceptors (Lipinski definition) is 4. The van der Waals surface area contributed by atoms with Crippen LogP contribution in [0.5, 0.6) is 0 Å². The summed E-state index contributed by atoms with van der Waals surface area (Å²) in [6.07, 6.45) is 5.86. The van der Waals surface area contributed by atoms with E-state index >= 15 is 0 Å². The minimum absolute atomic E-state index is 0.366. The van der Waals surface area contributed by atoms with Gasteiger partial charge in [-0.05, 0) is 24.7 Å². The van der Waals surface area contributed by atoms with E-state index in [0.717, 1.165) is 39.1 Å². The van der Waals surface area contributed by atoms with Gasteiger partial charge in [0.05, 0.1) is 19.0 Å². The molecule has 0 N–H and O–H groups in total. The van der Waals surface area contributed by atoms with E-state index in [9.17, 15) is 8.42 Å². The second-order valence-electron chi connectivity index (χ2n) is 7.29. The lowest BCUT2D eigenvalue weighted by Gasteiger charge is -2.34. The van der Waals surface area contributed by atoms with Gasteiger partial charge in [-0.2, -0.15) is 0 Å². The van der Waals surface area contributed by atoms with E-state index in [0.29, 0.717) is 36.7 Å². The van der Waals surface area contributed by atoms with Crippen LogP contribution in [0.4, 0.5) is 0 Å². The number of rotatable bonds is 4. The summed E-state index contributed by atoms with van der Waals surface area (Å²) in [5.41, 5.74) is 0. The summed E-state index contributed by atoms with van der Waals surface area (Å²) in [5, 5.41) is 0. The van der Waals surface area contributed by atoms with Crippen LogP contribution in [-0.4, -0.2) is 68.8 Å². The largest absolute Gasteiger partial charge is 0.379 e. The second-order valence-corrected chi connectivity index (χ2v) is 9.31. The molecule has 1 aliphatic carbocycles. The van der Waals surface area contributed by atoms with Crippen molar-refractivity contribution in [3.63, 3.8) is 0 Å². The SMILES string of the molecule is C[C@H]1CN(S(=O)(=O)CC2CCCCC2)C[C@H]1N1CCOCC1. The van der Waals surface area contributed by atoms with Crippen molar-refractivity contribution < 1.29 is 13.2 Å². The predicted molar refractivity (Wildman–Crippen MR) is 87.3 cm³/mol.